The third-order valence-electron chi connectivity index (χ3n) is 4.70. The number of hydrogen-bond donors (Lipinski definition) is 1. The van der Waals surface area contributed by atoms with Gasteiger partial charge in [0.2, 0.25) is 0 Å². The Morgan fingerprint density at radius 2 is 1.13 bits per heavy atom. The molecule has 0 bridgehead atoms. The summed E-state index contributed by atoms with van der Waals surface area (Å²) in [6, 6.07) is 28.8. The van der Waals surface area contributed by atoms with E-state index in [9.17, 15) is 9.90 Å². The number of ether oxygens (including phenoxy) is 3. The Bertz CT molecular complexity index is 883. The number of rotatable bonds is 13. The van der Waals surface area contributed by atoms with Gasteiger partial charge in [0.15, 0.2) is 5.78 Å². The van der Waals surface area contributed by atoms with Crippen molar-refractivity contribution in [3.05, 3.63) is 108 Å². The normalized spacial score (nSPS) is 12.9. The van der Waals surface area contributed by atoms with E-state index in [0.717, 1.165) is 16.7 Å². The highest BCUT2D eigenvalue weighted by molar-refractivity contribution is 5.84. The first-order valence-corrected chi connectivity index (χ1v) is 10.3. The highest BCUT2D eigenvalue weighted by atomic mass is 16.5. The number of ketones is 1. The van der Waals surface area contributed by atoms with Crippen LogP contribution in [0.1, 0.15) is 16.7 Å². The SMILES string of the molecule is O=C(COCc1ccccc1)[C@H](OCc1ccccc1)[C@H](O)COCc1ccccc1. The van der Waals surface area contributed by atoms with Crippen LogP contribution in [-0.2, 0) is 38.8 Å². The van der Waals surface area contributed by atoms with Crippen LogP contribution in [0.15, 0.2) is 91.0 Å². The first-order valence-electron chi connectivity index (χ1n) is 10.3. The van der Waals surface area contributed by atoms with Crippen LogP contribution in [0, 0.1) is 0 Å². The largest absolute Gasteiger partial charge is 0.388 e. The van der Waals surface area contributed by atoms with Crippen molar-refractivity contribution in [3.8, 4) is 0 Å². The highest BCUT2D eigenvalue weighted by Gasteiger charge is 2.28. The lowest BCUT2D eigenvalue weighted by Crippen LogP contribution is -2.41. The van der Waals surface area contributed by atoms with E-state index < -0.39 is 12.2 Å². The summed E-state index contributed by atoms with van der Waals surface area (Å²) >= 11 is 0. The Labute approximate surface area is 183 Å². The lowest BCUT2D eigenvalue weighted by Gasteiger charge is -2.22. The number of Topliss-reactive ketones (excluding diaryl/α,β-unsaturated/α-hetero) is 1. The lowest BCUT2D eigenvalue weighted by atomic mass is 10.1. The van der Waals surface area contributed by atoms with Gasteiger partial charge in [-0.3, -0.25) is 4.79 Å². The average molecular weight is 421 g/mol. The molecular formula is C26H28O5. The van der Waals surface area contributed by atoms with Crippen LogP contribution in [0.2, 0.25) is 0 Å². The number of aliphatic hydroxyl groups is 1. The monoisotopic (exact) mass is 420 g/mol. The quantitative estimate of drug-likeness (QED) is 0.454. The fourth-order valence-corrected chi connectivity index (χ4v) is 3.06. The van der Waals surface area contributed by atoms with Crippen molar-refractivity contribution >= 4 is 5.78 Å². The average Bonchev–Trinajstić information content (AvgIpc) is 2.81. The van der Waals surface area contributed by atoms with Crippen molar-refractivity contribution < 1.29 is 24.1 Å². The Morgan fingerprint density at radius 1 is 0.677 bits per heavy atom. The van der Waals surface area contributed by atoms with Crippen LogP contribution in [0.4, 0.5) is 0 Å². The van der Waals surface area contributed by atoms with Crippen molar-refractivity contribution in [3.63, 3.8) is 0 Å². The summed E-state index contributed by atoms with van der Waals surface area (Å²) in [6.07, 6.45) is -2.13. The molecule has 0 aliphatic carbocycles. The zero-order valence-corrected chi connectivity index (χ0v) is 17.4. The van der Waals surface area contributed by atoms with Gasteiger partial charge in [-0.2, -0.15) is 0 Å². The van der Waals surface area contributed by atoms with Crippen molar-refractivity contribution in [2.75, 3.05) is 13.2 Å². The van der Waals surface area contributed by atoms with E-state index in [4.69, 9.17) is 14.2 Å². The van der Waals surface area contributed by atoms with Gasteiger partial charge in [-0.1, -0.05) is 91.0 Å². The van der Waals surface area contributed by atoms with Gasteiger partial charge in [0.25, 0.3) is 0 Å². The highest BCUT2D eigenvalue weighted by Crippen LogP contribution is 2.11. The molecular weight excluding hydrogens is 392 g/mol. The predicted octanol–water partition coefficient (Wildman–Crippen LogP) is 3.94. The fraction of sp³-hybridized carbons (Fsp3) is 0.269. The summed E-state index contributed by atoms with van der Waals surface area (Å²) in [5.41, 5.74) is 2.89. The summed E-state index contributed by atoms with van der Waals surface area (Å²) < 4.78 is 17.0. The third kappa shape index (κ3) is 8.07. The first-order chi connectivity index (χ1) is 15.2. The molecule has 3 aromatic carbocycles. The number of hydrogen-bond acceptors (Lipinski definition) is 5. The molecule has 0 unspecified atom stereocenters. The molecule has 0 saturated carbocycles. The molecule has 0 aliphatic rings. The molecule has 0 amide bonds. The molecule has 5 heteroatoms. The summed E-state index contributed by atoms with van der Waals surface area (Å²) in [4.78, 5) is 12.8. The van der Waals surface area contributed by atoms with Crippen molar-refractivity contribution in [1.29, 1.82) is 0 Å². The summed E-state index contributed by atoms with van der Waals surface area (Å²) in [5.74, 6) is -0.317. The van der Waals surface area contributed by atoms with Crippen LogP contribution in [0.3, 0.4) is 0 Å². The van der Waals surface area contributed by atoms with Crippen LogP contribution < -0.4 is 0 Å². The standard InChI is InChI=1S/C26H28O5/c27-24(19-29-16-21-10-4-1-5-11-21)26(31-18-23-14-8-3-9-15-23)25(28)20-30-17-22-12-6-2-7-13-22/h1-15,24,26-27H,16-20H2/t24-,26-/m1/s1. The number of carbonyl (C=O) groups is 1. The van der Waals surface area contributed by atoms with Crippen molar-refractivity contribution in [1.82, 2.24) is 0 Å². The maximum Gasteiger partial charge on any atom is 0.189 e. The van der Waals surface area contributed by atoms with Crippen LogP contribution in [0.25, 0.3) is 0 Å². The topological polar surface area (TPSA) is 65.0 Å². The van der Waals surface area contributed by atoms with Gasteiger partial charge in [-0.25, -0.2) is 0 Å². The molecule has 3 rings (SSSR count). The van der Waals surface area contributed by atoms with Gasteiger partial charge >= 0.3 is 0 Å². The molecule has 0 heterocycles. The van der Waals surface area contributed by atoms with Crippen LogP contribution >= 0.6 is 0 Å². The lowest BCUT2D eigenvalue weighted by molar-refractivity contribution is -0.148. The predicted molar refractivity (Wildman–Crippen MR) is 118 cm³/mol. The minimum Gasteiger partial charge on any atom is -0.388 e. The Morgan fingerprint density at radius 3 is 1.65 bits per heavy atom. The summed E-state index contributed by atoms with van der Waals surface area (Å²) in [6.45, 7) is 0.717. The van der Waals surface area contributed by atoms with Gasteiger partial charge in [-0.05, 0) is 16.7 Å². The van der Waals surface area contributed by atoms with E-state index in [1.54, 1.807) is 0 Å². The molecule has 3 aromatic rings. The minimum absolute atomic E-state index is 0.0151. The molecule has 0 spiro atoms. The molecule has 2 atom stereocenters. The van der Waals surface area contributed by atoms with E-state index in [1.807, 2.05) is 91.0 Å². The van der Waals surface area contributed by atoms with Gasteiger partial charge < -0.3 is 19.3 Å². The van der Waals surface area contributed by atoms with Gasteiger partial charge in [0.05, 0.1) is 26.4 Å². The Kier molecular flexibility index (Phi) is 9.41. The molecule has 0 aliphatic heterocycles. The van der Waals surface area contributed by atoms with E-state index in [-0.39, 0.29) is 25.6 Å². The second-order valence-corrected chi connectivity index (χ2v) is 7.23. The summed E-state index contributed by atoms with van der Waals surface area (Å²) in [5, 5.41) is 10.6. The maximum absolute atomic E-state index is 12.8. The maximum atomic E-state index is 12.8. The van der Waals surface area contributed by atoms with Crippen molar-refractivity contribution in [2.45, 2.75) is 32.0 Å². The Balaban J connectivity index is 1.53. The number of aliphatic hydroxyl groups excluding tert-OH is 1. The van der Waals surface area contributed by atoms with E-state index >= 15 is 0 Å². The molecule has 0 fully saturated rings. The van der Waals surface area contributed by atoms with E-state index in [2.05, 4.69) is 0 Å². The molecule has 0 aromatic heterocycles. The van der Waals surface area contributed by atoms with E-state index in [1.165, 1.54) is 0 Å². The van der Waals surface area contributed by atoms with E-state index in [0.29, 0.717) is 13.2 Å². The van der Waals surface area contributed by atoms with Crippen molar-refractivity contribution in [2.24, 2.45) is 0 Å². The molecule has 162 valence electrons. The second kappa shape index (κ2) is 12.8. The number of carbonyl (C=O) groups excluding carboxylic acids is 1. The zero-order chi connectivity index (χ0) is 21.7. The second-order valence-electron chi connectivity index (χ2n) is 7.23. The zero-order valence-electron chi connectivity index (χ0n) is 17.4. The first kappa shape index (κ1) is 22.8. The smallest absolute Gasteiger partial charge is 0.189 e. The van der Waals surface area contributed by atoms with Crippen LogP contribution in [-0.4, -0.2) is 36.3 Å². The van der Waals surface area contributed by atoms with Gasteiger partial charge in [0, 0.05) is 0 Å². The fourth-order valence-electron chi connectivity index (χ4n) is 3.06. The molecule has 0 radical (unpaired) electrons. The Hall–Kier alpha value is -2.83. The van der Waals surface area contributed by atoms with Crippen LogP contribution in [0.5, 0.6) is 0 Å². The minimum atomic E-state index is -1.10. The number of benzene rings is 3. The molecule has 31 heavy (non-hydrogen) atoms. The van der Waals surface area contributed by atoms with Gasteiger partial charge in [0.1, 0.15) is 18.8 Å². The molecule has 0 saturated heterocycles. The molecule has 1 N–H and O–H groups in total. The molecule has 5 nitrogen and oxygen atoms in total. The summed E-state index contributed by atoms with van der Waals surface area (Å²) in [7, 11) is 0. The third-order valence-corrected chi connectivity index (χ3v) is 4.70. The van der Waals surface area contributed by atoms with Gasteiger partial charge in [-0.15, -0.1) is 0 Å².